The highest BCUT2D eigenvalue weighted by atomic mass is 16.1. The summed E-state index contributed by atoms with van der Waals surface area (Å²) in [5.74, 6) is 1.52. The number of anilines is 1. The quantitative estimate of drug-likeness (QED) is 0.926. The molecule has 1 amide bonds. The number of aromatic nitrogens is 1. The van der Waals surface area contributed by atoms with Crippen molar-refractivity contribution in [3.05, 3.63) is 23.9 Å². The van der Waals surface area contributed by atoms with Gasteiger partial charge >= 0.3 is 0 Å². The molecule has 0 spiro atoms. The number of nitrogens with zero attached hydrogens (tertiary/aromatic N) is 2. The van der Waals surface area contributed by atoms with E-state index in [0.29, 0.717) is 6.54 Å². The van der Waals surface area contributed by atoms with Gasteiger partial charge in [-0.25, -0.2) is 4.98 Å². The van der Waals surface area contributed by atoms with Gasteiger partial charge in [-0.1, -0.05) is 19.3 Å². The molecule has 2 aliphatic rings. The summed E-state index contributed by atoms with van der Waals surface area (Å²) in [6, 6.07) is 4.12. The van der Waals surface area contributed by atoms with E-state index in [0.717, 1.165) is 37.3 Å². The highest BCUT2D eigenvalue weighted by Crippen LogP contribution is 2.24. The molecule has 0 atom stereocenters. The number of rotatable bonds is 4. The van der Waals surface area contributed by atoms with Crippen LogP contribution in [0.3, 0.4) is 0 Å². The fourth-order valence-corrected chi connectivity index (χ4v) is 3.39. The molecule has 4 heteroatoms. The lowest BCUT2D eigenvalue weighted by atomic mass is 9.88. The topological polar surface area (TPSA) is 45.2 Å². The molecule has 0 unspecified atom stereocenters. The minimum Gasteiger partial charge on any atom is -0.357 e. The van der Waals surface area contributed by atoms with Crippen molar-refractivity contribution in [1.82, 2.24) is 10.3 Å². The van der Waals surface area contributed by atoms with E-state index >= 15 is 0 Å². The highest BCUT2D eigenvalue weighted by molar-refractivity contribution is 5.78. The summed E-state index contributed by atoms with van der Waals surface area (Å²) < 4.78 is 0. The molecule has 1 aromatic heterocycles. The molecular formula is C17H25N3O. The highest BCUT2D eigenvalue weighted by Gasteiger charge is 2.20. The maximum Gasteiger partial charge on any atom is 0.223 e. The second kappa shape index (κ2) is 6.92. The molecule has 1 aromatic rings. The standard InChI is InChI=1S/C17H25N3O/c21-17(15-6-2-1-3-7-15)19-13-14-8-9-18-16(12-14)20-10-4-5-11-20/h8-9,12,15H,1-7,10-11,13H2,(H,19,21). The van der Waals surface area contributed by atoms with Crippen molar-refractivity contribution in [3.63, 3.8) is 0 Å². The summed E-state index contributed by atoms with van der Waals surface area (Å²) in [5.41, 5.74) is 1.15. The van der Waals surface area contributed by atoms with Gasteiger partial charge in [-0.2, -0.15) is 0 Å². The van der Waals surface area contributed by atoms with Gasteiger partial charge in [0.2, 0.25) is 5.91 Å². The normalized spacial score (nSPS) is 19.7. The summed E-state index contributed by atoms with van der Waals surface area (Å²) in [5, 5.41) is 3.10. The summed E-state index contributed by atoms with van der Waals surface area (Å²) in [4.78, 5) is 19.0. The number of hydrogen-bond acceptors (Lipinski definition) is 3. The fourth-order valence-electron chi connectivity index (χ4n) is 3.39. The lowest BCUT2D eigenvalue weighted by Crippen LogP contribution is -2.31. The summed E-state index contributed by atoms with van der Waals surface area (Å²) in [6.45, 7) is 2.83. The molecule has 3 rings (SSSR count). The van der Waals surface area contributed by atoms with Crippen LogP contribution in [-0.4, -0.2) is 24.0 Å². The first-order valence-electron chi connectivity index (χ1n) is 8.30. The summed E-state index contributed by atoms with van der Waals surface area (Å²) in [7, 11) is 0. The van der Waals surface area contributed by atoms with E-state index in [1.807, 2.05) is 12.3 Å². The molecular weight excluding hydrogens is 262 g/mol. The SMILES string of the molecule is O=C(NCc1ccnc(N2CCCC2)c1)C1CCCCC1. The van der Waals surface area contributed by atoms with Crippen LogP contribution in [-0.2, 0) is 11.3 Å². The van der Waals surface area contributed by atoms with Gasteiger partial charge in [0.1, 0.15) is 5.82 Å². The van der Waals surface area contributed by atoms with E-state index < -0.39 is 0 Å². The first-order valence-corrected chi connectivity index (χ1v) is 8.30. The molecule has 1 saturated heterocycles. The van der Waals surface area contributed by atoms with Crippen molar-refractivity contribution in [3.8, 4) is 0 Å². The third-order valence-electron chi connectivity index (χ3n) is 4.68. The van der Waals surface area contributed by atoms with Crippen LogP contribution in [0.2, 0.25) is 0 Å². The van der Waals surface area contributed by atoms with Gasteiger partial charge in [-0.15, -0.1) is 0 Å². The number of amides is 1. The molecule has 4 nitrogen and oxygen atoms in total. The molecule has 2 heterocycles. The fraction of sp³-hybridized carbons (Fsp3) is 0.647. The van der Waals surface area contributed by atoms with E-state index in [9.17, 15) is 4.79 Å². The first kappa shape index (κ1) is 14.4. The van der Waals surface area contributed by atoms with Gasteiger partial charge in [-0.3, -0.25) is 4.79 Å². The van der Waals surface area contributed by atoms with Crippen molar-refractivity contribution < 1.29 is 4.79 Å². The Labute approximate surface area is 126 Å². The van der Waals surface area contributed by atoms with Crippen LogP contribution in [0.15, 0.2) is 18.3 Å². The average Bonchev–Trinajstić information content (AvgIpc) is 3.08. The van der Waals surface area contributed by atoms with Crippen LogP contribution < -0.4 is 10.2 Å². The molecule has 1 aliphatic carbocycles. The largest absolute Gasteiger partial charge is 0.357 e. The van der Waals surface area contributed by atoms with Crippen molar-refractivity contribution in [2.24, 2.45) is 5.92 Å². The van der Waals surface area contributed by atoms with E-state index in [1.165, 1.54) is 32.1 Å². The Bertz CT molecular complexity index is 477. The van der Waals surface area contributed by atoms with Gasteiger partial charge in [0.15, 0.2) is 0 Å². The Morgan fingerprint density at radius 1 is 1.19 bits per heavy atom. The van der Waals surface area contributed by atoms with Crippen molar-refractivity contribution in [2.75, 3.05) is 18.0 Å². The Kier molecular flexibility index (Phi) is 4.73. The predicted octanol–water partition coefficient (Wildman–Crippen LogP) is 2.88. The number of carbonyl (C=O) groups excluding carboxylic acids is 1. The Morgan fingerprint density at radius 2 is 1.95 bits per heavy atom. The average molecular weight is 287 g/mol. The van der Waals surface area contributed by atoms with Crippen LogP contribution in [0, 0.1) is 5.92 Å². The lowest BCUT2D eigenvalue weighted by molar-refractivity contribution is -0.126. The number of carbonyl (C=O) groups is 1. The van der Waals surface area contributed by atoms with Crippen LogP contribution >= 0.6 is 0 Å². The van der Waals surface area contributed by atoms with Crippen LogP contribution in [0.5, 0.6) is 0 Å². The van der Waals surface area contributed by atoms with Crippen molar-refractivity contribution in [2.45, 2.75) is 51.5 Å². The van der Waals surface area contributed by atoms with Gasteiger partial charge in [0.05, 0.1) is 0 Å². The van der Waals surface area contributed by atoms with Gasteiger partial charge < -0.3 is 10.2 Å². The third-order valence-corrected chi connectivity index (χ3v) is 4.68. The molecule has 0 aromatic carbocycles. The first-order chi connectivity index (χ1) is 10.3. The monoisotopic (exact) mass is 287 g/mol. The second-order valence-electron chi connectivity index (χ2n) is 6.27. The van der Waals surface area contributed by atoms with Gasteiger partial charge in [0, 0.05) is 31.7 Å². The van der Waals surface area contributed by atoms with Crippen LogP contribution in [0.25, 0.3) is 0 Å². The summed E-state index contributed by atoms with van der Waals surface area (Å²) in [6.07, 6.45) is 10.2. The maximum atomic E-state index is 12.2. The maximum absolute atomic E-state index is 12.2. The number of hydrogen-bond donors (Lipinski definition) is 1. The van der Waals surface area contributed by atoms with Gasteiger partial charge in [0.25, 0.3) is 0 Å². The Hall–Kier alpha value is -1.58. The van der Waals surface area contributed by atoms with Crippen LogP contribution in [0.1, 0.15) is 50.5 Å². The lowest BCUT2D eigenvalue weighted by Gasteiger charge is -2.21. The van der Waals surface area contributed by atoms with Crippen LogP contribution in [0.4, 0.5) is 5.82 Å². The molecule has 0 radical (unpaired) electrons. The molecule has 1 saturated carbocycles. The minimum atomic E-state index is 0.231. The van der Waals surface area contributed by atoms with E-state index in [2.05, 4.69) is 21.3 Å². The Morgan fingerprint density at radius 3 is 2.71 bits per heavy atom. The molecule has 1 aliphatic heterocycles. The molecule has 114 valence electrons. The zero-order valence-corrected chi connectivity index (χ0v) is 12.7. The predicted molar refractivity (Wildman–Crippen MR) is 84.1 cm³/mol. The van der Waals surface area contributed by atoms with E-state index in [4.69, 9.17) is 0 Å². The molecule has 2 fully saturated rings. The second-order valence-corrected chi connectivity index (χ2v) is 6.27. The van der Waals surface area contributed by atoms with Crippen molar-refractivity contribution >= 4 is 11.7 Å². The van der Waals surface area contributed by atoms with E-state index in [-0.39, 0.29) is 11.8 Å². The van der Waals surface area contributed by atoms with E-state index in [1.54, 1.807) is 0 Å². The van der Waals surface area contributed by atoms with Crippen molar-refractivity contribution in [1.29, 1.82) is 0 Å². The molecule has 0 bridgehead atoms. The third kappa shape index (κ3) is 3.74. The summed E-state index contributed by atoms with van der Waals surface area (Å²) >= 11 is 0. The smallest absolute Gasteiger partial charge is 0.223 e. The molecule has 1 N–H and O–H groups in total. The number of pyridine rings is 1. The number of nitrogens with one attached hydrogen (secondary N) is 1. The van der Waals surface area contributed by atoms with Gasteiger partial charge in [-0.05, 0) is 43.4 Å². The Balaban J connectivity index is 1.54. The zero-order chi connectivity index (χ0) is 14.5. The minimum absolute atomic E-state index is 0.231. The molecule has 21 heavy (non-hydrogen) atoms. The zero-order valence-electron chi connectivity index (χ0n) is 12.7.